The number of nitrogens with two attached hydrogens (primary N) is 1. The predicted octanol–water partition coefficient (Wildman–Crippen LogP) is 3.11. The standard InChI is InChI=1S/C12H21BrN2S/c1-12(2,7-8-14)15(3)9-6-10-4-5-11(13)16-10/h4-5H,6-9,14H2,1-3H3. The van der Waals surface area contributed by atoms with Crippen LogP contribution >= 0.6 is 27.3 Å². The minimum atomic E-state index is 0.198. The van der Waals surface area contributed by atoms with Crippen molar-refractivity contribution in [2.45, 2.75) is 32.2 Å². The molecule has 1 heterocycles. The van der Waals surface area contributed by atoms with Crippen LogP contribution in [0.5, 0.6) is 0 Å². The van der Waals surface area contributed by atoms with Crippen molar-refractivity contribution in [2.24, 2.45) is 5.73 Å². The molecule has 4 heteroatoms. The van der Waals surface area contributed by atoms with Crippen LogP contribution < -0.4 is 5.73 Å². The van der Waals surface area contributed by atoms with Crippen LogP contribution in [0.2, 0.25) is 0 Å². The quantitative estimate of drug-likeness (QED) is 0.875. The molecule has 0 aliphatic heterocycles. The molecule has 0 saturated carbocycles. The highest BCUT2D eigenvalue weighted by Crippen LogP contribution is 2.23. The van der Waals surface area contributed by atoms with E-state index in [4.69, 9.17) is 5.73 Å². The summed E-state index contributed by atoms with van der Waals surface area (Å²) >= 11 is 5.31. The Morgan fingerprint density at radius 3 is 2.62 bits per heavy atom. The first-order valence-electron chi connectivity index (χ1n) is 5.61. The fourth-order valence-corrected chi connectivity index (χ4v) is 3.08. The molecule has 0 spiro atoms. The summed E-state index contributed by atoms with van der Waals surface area (Å²) in [6, 6.07) is 4.31. The van der Waals surface area contributed by atoms with Crippen LogP contribution in [0.1, 0.15) is 25.1 Å². The third-order valence-corrected chi connectivity index (χ3v) is 4.80. The fraction of sp³-hybridized carbons (Fsp3) is 0.667. The Labute approximate surface area is 111 Å². The van der Waals surface area contributed by atoms with E-state index >= 15 is 0 Å². The van der Waals surface area contributed by atoms with Gasteiger partial charge in [-0.15, -0.1) is 11.3 Å². The van der Waals surface area contributed by atoms with E-state index in [1.807, 2.05) is 11.3 Å². The van der Waals surface area contributed by atoms with Crippen LogP contribution in [0.4, 0.5) is 0 Å². The van der Waals surface area contributed by atoms with Crippen LogP contribution in [0.25, 0.3) is 0 Å². The Morgan fingerprint density at radius 1 is 1.44 bits per heavy atom. The molecule has 0 radical (unpaired) electrons. The molecule has 0 atom stereocenters. The summed E-state index contributed by atoms with van der Waals surface area (Å²) in [6.45, 7) is 6.34. The van der Waals surface area contributed by atoms with Crippen LogP contribution in [0.15, 0.2) is 15.9 Å². The molecule has 1 aromatic rings. The first-order chi connectivity index (χ1) is 7.45. The molecule has 0 unspecified atom stereocenters. The molecule has 0 aromatic carbocycles. The number of halogens is 1. The van der Waals surface area contributed by atoms with Crippen LogP contribution in [-0.4, -0.2) is 30.6 Å². The molecule has 1 rings (SSSR count). The lowest BCUT2D eigenvalue weighted by molar-refractivity contribution is 0.150. The SMILES string of the molecule is CN(CCc1ccc(Br)s1)C(C)(C)CCN. The average Bonchev–Trinajstić information content (AvgIpc) is 2.60. The van der Waals surface area contributed by atoms with E-state index in [-0.39, 0.29) is 5.54 Å². The second-order valence-corrected chi connectivity index (χ2v) is 7.28. The van der Waals surface area contributed by atoms with Gasteiger partial charge >= 0.3 is 0 Å². The lowest BCUT2D eigenvalue weighted by Gasteiger charge is -2.35. The van der Waals surface area contributed by atoms with Gasteiger partial charge < -0.3 is 10.6 Å². The van der Waals surface area contributed by atoms with E-state index in [1.54, 1.807) is 0 Å². The van der Waals surface area contributed by atoms with Crippen molar-refractivity contribution < 1.29 is 0 Å². The Kier molecular flexibility index (Phi) is 5.44. The molecule has 0 aliphatic carbocycles. The van der Waals surface area contributed by atoms with Gasteiger partial charge in [-0.1, -0.05) is 0 Å². The number of likely N-dealkylation sites (N-methyl/N-ethyl adjacent to an activating group) is 1. The second kappa shape index (κ2) is 6.15. The van der Waals surface area contributed by atoms with Crippen LogP contribution in [0.3, 0.4) is 0 Å². The average molecular weight is 305 g/mol. The van der Waals surface area contributed by atoms with Gasteiger partial charge in [-0.25, -0.2) is 0 Å². The maximum atomic E-state index is 5.63. The summed E-state index contributed by atoms with van der Waals surface area (Å²) in [7, 11) is 2.18. The van der Waals surface area contributed by atoms with Gasteiger partial charge in [0.2, 0.25) is 0 Å². The topological polar surface area (TPSA) is 29.3 Å². The van der Waals surface area contributed by atoms with Crippen molar-refractivity contribution >= 4 is 27.3 Å². The van der Waals surface area contributed by atoms with Crippen molar-refractivity contribution in [2.75, 3.05) is 20.1 Å². The third kappa shape index (κ3) is 4.17. The van der Waals surface area contributed by atoms with Crippen molar-refractivity contribution in [1.82, 2.24) is 4.90 Å². The number of nitrogens with zero attached hydrogens (tertiary/aromatic N) is 1. The molecule has 0 fully saturated rings. The van der Waals surface area contributed by atoms with Gasteiger partial charge in [0.15, 0.2) is 0 Å². The first kappa shape index (κ1) is 14.2. The zero-order valence-corrected chi connectivity index (χ0v) is 12.7. The van der Waals surface area contributed by atoms with E-state index in [9.17, 15) is 0 Å². The summed E-state index contributed by atoms with van der Waals surface area (Å²) < 4.78 is 1.21. The van der Waals surface area contributed by atoms with Gasteiger partial charge in [0.05, 0.1) is 3.79 Å². The zero-order chi connectivity index (χ0) is 12.2. The van der Waals surface area contributed by atoms with Crippen molar-refractivity contribution in [3.63, 3.8) is 0 Å². The fourth-order valence-electron chi connectivity index (χ4n) is 1.61. The van der Waals surface area contributed by atoms with Crippen LogP contribution in [-0.2, 0) is 6.42 Å². The van der Waals surface area contributed by atoms with E-state index in [2.05, 4.69) is 53.9 Å². The van der Waals surface area contributed by atoms with E-state index < -0.39 is 0 Å². The molecular weight excluding hydrogens is 284 g/mol. The molecule has 1 aromatic heterocycles. The maximum absolute atomic E-state index is 5.63. The lowest BCUT2D eigenvalue weighted by atomic mass is 9.98. The molecule has 0 aliphatic rings. The monoisotopic (exact) mass is 304 g/mol. The van der Waals surface area contributed by atoms with Gasteiger partial charge in [0, 0.05) is 17.0 Å². The first-order valence-corrected chi connectivity index (χ1v) is 7.22. The highest BCUT2D eigenvalue weighted by Gasteiger charge is 2.21. The Morgan fingerprint density at radius 2 is 2.12 bits per heavy atom. The minimum absolute atomic E-state index is 0.198. The Balaban J connectivity index is 2.43. The summed E-state index contributed by atoms with van der Waals surface area (Å²) in [4.78, 5) is 3.83. The minimum Gasteiger partial charge on any atom is -0.330 e. The van der Waals surface area contributed by atoms with Crippen molar-refractivity contribution in [3.05, 3.63) is 20.8 Å². The number of hydrogen-bond donors (Lipinski definition) is 1. The normalized spacial score (nSPS) is 12.4. The van der Waals surface area contributed by atoms with Crippen molar-refractivity contribution in [3.8, 4) is 0 Å². The number of hydrogen-bond acceptors (Lipinski definition) is 3. The van der Waals surface area contributed by atoms with Gasteiger partial charge in [-0.2, -0.15) is 0 Å². The smallest absolute Gasteiger partial charge is 0.0701 e. The molecule has 0 bridgehead atoms. The van der Waals surface area contributed by atoms with E-state index in [0.717, 1.165) is 25.9 Å². The second-order valence-electron chi connectivity index (χ2n) is 4.73. The predicted molar refractivity (Wildman–Crippen MR) is 76.1 cm³/mol. The molecule has 92 valence electrons. The maximum Gasteiger partial charge on any atom is 0.0701 e. The van der Waals surface area contributed by atoms with Gasteiger partial charge in [-0.05, 0) is 68.3 Å². The lowest BCUT2D eigenvalue weighted by Crippen LogP contribution is -2.43. The largest absolute Gasteiger partial charge is 0.330 e. The molecule has 0 amide bonds. The molecular formula is C12H21BrN2S. The van der Waals surface area contributed by atoms with E-state index in [1.165, 1.54) is 8.66 Å². The molecule has 0 saturated heterocycles. The number of thiophene rings is 1. The Hall–Kier alpha value is 0.1000. The van der Waals surface area contributed by atoms with Crippen molar-refractivity contribution in [1.29, 1.82) is 0 Å². The summed E-state index contributed by atoms with van der Waals surface area (Å²) in [5.74, 6) is 0. The molecule has 2 N–H and O–H groups in total. The van der Waals surface area contributed by atoms with Gasteiger partial charge in [0.1, 0.15) is 0 Å². The highest BCUT2D eigenvalue weighted by atomic mass is 79.9. The highest BCUT2D eigenvalue weighted by molar-refractivity contribution is 9.11. The Bertz CT molecular complexity index is 323. The third-order valence-electron chi connectivity index (χ3n) is 3.11. The summed E-state index contributed by atoms with van der Waals surface area (Å²) in [5.41, 5.74) is 5.83. The molecule has 16 heavy (non-hydrogen) atoms. The number of rotatable bonds is 6. The molecule has 2 nitrogen and oxygen atoms in total. The summed E-state index contributed by atoms with van der Waals surface area (Å²) in [5, 5.41) is 0. The van der Waals surface area contributed by atoms with Crippen LogP contribution in [0, 0.1) is 0 Å². The van der Waals surface area contributed by atoms with E-state index in [0.29, 0.717) is 0 Å². The van der Waals surface area contributed by atoms with Gasteiger partial charge in [0.25, 0.3) is 0 Å². The zero-order valence-electron chi connectivity index (χ0n) is 10.3. The summed E-state index contributed by atoms with van der Waals surface area (Å²) in [6.07, 6.45) is 2.15. The van der Waals surface area contributed by atoms with Gasteiger partial charge in [-0.3, -0.25) is 0 Å².